The molecule has 1 heterocycles. The first-order valence-corrected chi connectivity index (χ1v) is 6.34. The van der Waals surface area contributed by atoms with E-state index in [4.69, 9.17) is 9.78 Å². The Morgan fingerprint density at radius 2 is 1.65 bits per heavy atom. The van der Waals surface area contributed by atoms with Gasteiger partial charge in [0.1, 0.15) is 0 Å². The van der Waals surface area contributed by atoms with Crippen molar-refractivity contribution in [3.8, 4) is 28.7 Å². The fraction of sp³-hybridized carbons (Fsp3) is 0.0588. The Balaban J connectivity index is 2.03. The molecule has 3 nitrogen and oxygen atoms in total. The second kappa shape index (κ2) is 5.02. The van der Waals surface area contributed by atoms with Crippen LogP contribution in [0.2, 0.25) is 0 Å². The van der Waals surface area contributed by atoms with E-state index in [1.807, 2.05) is 67.7 Å². The van der Waals surface area contributed by atoms with Crippen molar-refractivity contribution in [2.24, 2.45) is 7.05 Å². The maximum Gasteiger partial charge on any atom is 0.262 e. The Hall–Kier alpha value is -2.86. The molecule has 0 unspecified atom stereocenters. The maximum absolute atomic E-state index is 8.83. The van der Waals surface area contributed by atoms with Gasteiger partial charge in [0.25, 0.3) is 5.69 Å². The van der Waals surface area contributed by atoms with Crippen LogP contribution < -0.4 is 4.74 Å². The Bertz CT molecular complexity index is 765. The van der Waals surface area contributed by atoms with Gasteiger partial charge >= 0.3 is 0 Å². The molecule has 2 aromatic carbocycles. The summed E-state index contributed by atoms with van der Waals surface area (Å²) in [4.78, 5) is 0. The Labute approximate surface area is 117 Å². The van der Waals surface area contributed by atoms with Crippen LogP contribution in [0.25, 0.3) is 22.6 Å². The Morgan fingerprint density at radius 3 is 2.30 bits per heavy atom. The number of hydrogen-bond acceptors (Lipinski definition) is 2. The van der Waals surface area contributed by atoms with Gasteiger partial charge in [0, 0.05) is 5.56 Å². The molecule has 0 aliphatic carbocycles. The quantitative estimate of drug-likeness (QED) is 0.664. The van der Waals surface area contributed by atoms with Crippen molar-refractivity contribution < 1.29 is 9.26 Å². The van der Waals surface area contributed by atoms with Gasteiger partial charge in [0.15, 0.2) is 7.05 Å². The minimum Gasteiger partial charge on any atom is -0.236 e. The third-order valence-corrected chi connectivity index (χ3v) is 3.21. The fourth-order valence-electron chi connectivity index (χ4n) is 2.16. The normalized spacial score (nSPS) is 10.2. The topological polar surface area (TPSA) is 40.8 Å². The molecule has 0 aliphatic heterocycles. The lowest BCUT2D eigenvalue weighted by Crippen LogP contribution is -2.26. The molecule has 1 aromatic heterocycles. The molecule has 0 atom stereocenters. The van der Waals surface area contributed by atoms with Gasteiger partial charge in [-0.2, -0.15) is 5.26 Å². The van der Waals surface area contributed by atoms with E-state index in [2.05, 4.69) is 6.07 Å². The van der Waals surface area contributed by atoms with Gasteiger partial charge in [-0.1, -0.05) is 30.3 Å². The molecule has 96 valence electrons. The highest BCUT2D eigenvalue weighted by Crippen LogP contribution is 2.24. The Kier molecular flexibility index (Phi) is 3.06. The van der Waals surface area contributed by atoms with Crippen LogP contribution in [0, 0.1) is 11.3 Å². The van der Waals surface area contributed by atoms with E-state index in [9.17, 15) is 0 Å². The molecular weight excluding hydrogens is 248 g/mol. The number of hydrogen-bond donors (Lipinski definition) is 0. The number of rotatable bonds is 2. The van der Waals surface area contributed by atoms with Crippen LogP contribution >= 0.6 is 0 Å². The van der Waals surface area contributed by atoms with Gasteiger partial charge in [-0.05, 0) is 29.0 Å². The van der Waals surface area contributed by atoms with Crippen molar-refractivity contribution in [1.82, 2.24) is 0 Å². The van der Waals surface area contributed by atoms with Gasteiger partial charge in [0.05, 0.1) is 23.3 Å². The first kappa shape index (κ1) is 12.2. The van der Waals surface area contributed by atoms with Gasteiger partial charge in [-0.3, -0.25) is 0 Å². The third-order valence-electron chi connectivity index (χ3n) is 3.21. The van der Waals surface area contributed by atoms with E-state index in [-0.39, 0.29) is 0 Å². The largest absolute Gasteiger partial charge is 0.262 e. The van der Waals surface area contributed by atoms with Gasteiger partial charge in [-0.25, -0.2) is 4.52 Å². The van der Waals surface area contributed by atoms with E-state index in [0.29, 0.717) is 5.56 Å². The molecule has 0 aliphatic rings. The molecule has 0 saturated carbocycles. The zero-order valence-corrected chi connectivity index (χ0v) is 11.1. The third kappa shape index (κ3) is 2.19. The summed E-state index contributed by atoms with van der Waals surface area (Å²) in [6.07, 6.45) is 0. The zero-order valence-electron chi connectivity index (χ0n) is 11.1. The van der Waals surface area contributed by atoms with Crippen molar-refractivity contribution in [2.75, 3.05) is 0 Å². The van der Waals surface area contributed by atoms with Crippen molar-refractivity contribution >= 4 is 0 Å². The summed E-state index contributed by atoms with van der Waals surface area (Å²) in [6.45, 7) is 0. The minimum atomic E-state index is 0.656. The van der Waals surface area contributed by atoms with Crippen LogP contribution in [0.4, 0.5) is 0 Å². The summed E-state index contributed by atoms with van der Waals surface area (Å²) in [7, 11) is 1.87. The monoisotopic (exact) mass is 261 g/mol. The first-order valence-electron chi connectivity index (χ1n) is 6.34. The highest BCUT2D eigenvalue weighted by molar-refractivity contribution is 5.65. The second-order valence-electron chi connectivity index (χ2n) is 4.54. The lowest BCUT2D eigenvalue weighted by molar-refractivity contribution is -0.834. The van der Waals surface area contributed by atoms with Crippen LogP contribution in [0.3, 0.4) is 0 Å². The predicted molar refractivity (Wildman–Crippen MR) is 75.5 cm³/mol. The molecule has 0 spiro atoms. The average molecular weight is 261 g/mol. The summed E-state index contributed by atoms with van der Waals surface area (Å²) < 4.78 is 7.50. The van der Waals surface area contributed by atoms with E-state index in [1.165, 1.54) is 0 Å². The molecule has 3 heteroatoms. The van der Waals surface area contributed by atoms with Crippen molar-refractivity contribution in [1.29, 1.82) is 5.26 Å². The highest BCUT2D eigenvalue weighted by atomic mass is 16.5. The number of aromatic nitrogens is 1. The number of benzene rings is 2. The summed E-state index contributed by atoms with van der Waals surface area (Å²) in [6, 6.07) is 21.6. The molecule has 3 rings (SSSR count). The van der Waals surface area contributed by atoms with Gasteiger partial charge < -0.3 is 0 Å². The van der Waals surface area contributed by atoms with Crippen LogP contribution in [0.1, 0.15) is 5.56 Å². The first-order chi connectivity index (χ1) is 9.78. The van der Waals surface area contributed by atoms with E-state index >= 15 is 0 Å². The second-order valence-corrected chi connectivity index (χ2v) is 4.54. The van der Waals surface area contributed by atoms with Crippen LogP contribution in [0.15, 0.2) is 65.2 Å². The van der Waals surface area contributed by atoms with Gasteiger partial charge in [-0.15, -0.1) is 0 Å². The van der Waals surface area contributed by atoms with Crippen LogP contribution in [-0.2, 0) is 7.05 Å². The van der Waals surface area contributed by atoms with Crippen molar-refractivity contribution in [3.05, 3.63) is 66.2 Å². The molecule has 0 amide bonds. The standard InChI is InChI=1S/C17H13N2O/c1-19-16(14-9-7-13(12-18)8-10-14)11-17(20-19)15-5-3-2-4-6-15/h2-11H,1H3/q+1. The molecular formula is C17H13N2O+. The van der Waals surface area contributed by atoms with Crippen molar-refractivity contribution in [3.63, 3.8) is 0 Å². The lowest BCUT2D eigenvalue weighted by atomic mass is 10.1. The zero-order chi connectivity index (χ0) is 13.9. The van der Waals surface area contributed by atoms with E-state index < -0.39 is 0 Å². The number of aryl methyl sites for hydroxylation is 1. The molecule has 3 aromatic rings. The summed E-state index contributed by atoms with van der Waals surface area (Å²) >= 11 is 0. The number of nitrogens with zero attached hydrogens (tertiary/aromatic N) is 2. The SMILES string of the molecule is C[n+]1oc(-c2ccccc2)cc1-c1ccc(C#N)cc1. The molecule has 0 radical (unpaired) electrons. The molecule has 0 bridgehead atoms. The predicted octanol–water partition coefficient (Wildman–Crippen LogP) is 3.31. The van der Waals surface area contributed by atoms with Gasteiger partial charge in [0.2, 0.25) is 5.76 Å². The molecule has 0 N–H and O–H groups in total. The summed E-state index contributed by atoms with van der Waals surface area (Å²) in [5.41, 5.74) is 3.71. The van der Waals surface area contributed by atoms with E-state index in [0.717, 1.165) is 22.6 Å². The van der Waals surface area contributed by atoms with Crippen molar-refractivity contribution in [2.45, 2.75) is 0 Å². The Morgan fingerprint density at radius 1 is 0.950 bits per heavy atom. The lowest BCUT2D eigenvalue weighted by Gasteiger charge is -1.92. The smallest absolute Gasteiger partial charge is 0.236 e. The van der Waals surface area contributed by atoms with Crippen LogP contribution in [-0.4, -0.2) is 0 Å². The summed E-state index contributed by atoms with van der Waals surface area (Å²) in [5.74, 6) is 0.826. The molecule has 0 saturated heterocycles. The summed E-state index contributed by atoms with van der Waals surface area (Å²) in [5, 5.41) is 8.83. The fourth-order valence-corrected chi connectivity index (χ4v) is 2.16. The minimum absolute atomic E-state index is 0.656. The van der Waals surface area contributed by atoms with Crippen LogP contribution in [0.5, 0.6) is 0 Å². The maximum atomic E-state index is 8.83. The molecule has 20 heavy (non-hydrogen) atoms. The number of nitriles is 1. The highest BCUT2D eigenvalue weighted by Gasteiger charge is 2.18. The van der Waals surface area contributed by atoms with E-state index in [1.54, 1.807) is 4.74 Å². The molecule has 0 fully saturated rings. The average Bonchev–Trinajstić information content (AvgIpc) is 2.90.